The van der Waals surface area contributed by atoms with Crippen LogP contribution in [0.4, 0.5) is 0 Å². The molecule has 0 atom stereocenters. The van der Waals surface area contributed by atoms with Crippen LogP contribution < -0.4 is 18.9 Å². The molecule has 58 heavy (non-hydrogen) atoms. The molecule has 0 spiro atoms. The number of hydrogen-bond acceptors (Lipinski definition) is 10. The fourth-order valence-corrected chi connectivity index (χ4v) is 8.05. The van der Waals surface area contributed by atoms with Crippen LogP contribution in [0.15, 0.2) is 48.5 Å². The first-order valence-electron chi connectivity index (χ1n) is 21.2. The zero-order valence-corrected chi connectivity index (χ0v) is 34.1. The third kappa shape index (κ3) is 8.20. The Balaban J connectivity index is 1.45. The first-order chi connectivity index (χ1) is 28.3. The molecule has 0 bridgehead atoms. The highest BCUT2D eigenvalue weighted by molar-refractivity contribution is 6.40. The number of aromatic nitrogens is 2. The molecule has 7 aromatic rings. The molecule has 10 nitrogen and oxygen atoms in total. The van der Waals surface area contributed by atoms with Gasteiger partial charge in [0, 0.05) is 58.0 Å². The molecule has 0 aliphatic carbocycles. The van der Waals surface area contributed by atoms with Crippen molar-refractivity contribution in [1.82, 2.24) is 9.97 Å². The standard InChI is InChI=1S/C48H52N2O8/c1-5-9-13-17-37(51)55-45-33-25-21-29-31-23-27-35-44-36(48(58-40(54)20-16-12-8-4)50-47(35)57-39(53)19-15-11-7-3)28-24-32(42(31)44)30-22-26-34(43(33)41(29)30)46(49-45)56-38(52)18-14-10-6-2/h21-28H,5-20H2,1-4H3. The van der Waals surface area contributed by atoms with Gasteiger partial charge in [-0.2, -0.15) is 9.97 Å². The number of hydrogen-bond donors (Lipinski definition) is 0. The van der Waals surface area contributed by atoms with Gasteiger partial charge in [0.2, 0.25) is 23.5 Å². The minimum absolute atomic E-state index is 0.103. The topological polar surface area (TPSA) is 131 Å². The second-order valence-electron chi connectivity index (χ2n) is 15.3. The van der Waals surface area contributed by atoms with Gasteiger partial charge in [0.05, 0.1) is 0 Å². The average Bonchev–Trinajstić information content (AvgIpc) is 3.21. The zero-order valence-electron chi connectivity index (χ0n) is 34.1. The van der Waals surface area contributed by atoms with Crippen LogP contribution in [0.1, 0.15) is 130 Å². The van der Waals surface area contributed by atoms with E-state index in [9.17, 15) is 19.2 Å². The van der Waals surface area contributed by atoms with Gasteiger partial charge in [0.15, 0.2) is 0 Å². The Morgan fingerprint density at radius 1 is 0.345 bits per heavy atom. The largest absolute Gasteiger partial charge is 0.407 e. The van der Waals surface area contributed by atoms with Crippen LogP contribution in [0.5, 0.6) is 23.5 Å². The van der Waals surface area contributed by atoms with Gasteiger partial charge in [-0.05, 0) is 82.3 Å². The van der Waals surface area contributed by atoms with E-state index < -0.39 is 23.9 Å². The van der Waals surface area contributed by atoms with E-state index in [1.54, 1.807) is 0 Å². The third-order valence-corrected chi connectivity index (χ3v) is 11.0. The summed E-state index contributed by atoms with van der Waals surface area (Å²) in [5, 5.41) is 9.53. The number of carbonyl (C=O) groups is 4. The maximum Gasteiger partial charge on any atom is 0.312 e. The molecule has 10 heteroatoms. The third-order valence-electron chi connectivity index (χ3n) is 11.0. The van der Waals surface area contributed by atoms with Gasteiger partial charge in [-0.3, -0.25) is 19.2 Å². The molecule has 5 aromatic carbocycles. The van der Waals surface area contributed by atoms with Gasteiger partial charge >= 0.3 is 23.9 Å². The van der Waals surface area contributed by atoms with Crippen LogP contribution in [-0.4, -0.2) is 33.8 Å². The summed E-state index contributed by atoms with van der Waals surface area (Å²) in [6.07, 6.45) is 11.3. The van der Waals surface area contributed by atoms with Gasteiger partial charge in [-0.1, -0.05) is 103 Å². The van der Waals surface area contributed by atoms with Crippen LogP contribution in [0.25, 0.3) is 64.6 Å². The molecule has 0 unspecified atom stereocenters. The maximum atomic E-state index is 13.1. The SMILES string of the molecule is CCCCCC(=O)Oc1nc(OC(=O)CCCCC)c2ccc3c4ccc5c(OC(=O)CCCCC)nc(OC(=O)CCCCC)c6ccc(c7ccc1c2c73)c4c65. The Bertz CT molecular complexity index is 2270. The first kappa shape index (κ1) is 40.6. The molecule has 0 N–H and O–H groups in total. The van der Waals surface area contributed by atoms with E-state index >= 15 is 0 Å². The summed E-state index contributed by atoms with van der Waals surface area (Å²) in [5.41, 5.74) is 0. The summed E-state index contributed by atoms with van der Waals surface area (Å²) in [6, 6.07) is 15.6. The highest BCUT2D eigenvalue weighted by atomic mass is 16.6. The lowest BCUT2D eigenvalue weighted by Crippen LogP contribution is -2.13. The van der Waals surface area contributed by atoms with E-state index in [-0.39, 0.29) is 49.2 Å². The number of nitrogens with zero attached hydrogens (tertiary/aromatic N) is 2. The molecular formula is C48H52N2O8. The summed E-state index contributed by atoms with van der Waals surface area (Å²) in [6.45, 7) is 8.31. The quantitative estimate of drug-likeness (QED) is 0.0318. The van der Waals surface area contributed by atoms with E-state index in [1.165, 1.54) is 0 Å². The van der Waals surface area contributed by atoms with Crippen LogP contribution in [0.2, 0.25) is 0 Å². The molecule has 2 heterocycles. The van der Waals surface area contributed by atoms with Crippen molar-refractivity contribution in [3.8, 4) is 23.5 Å². The van der Waals surface area contributed by atoms with Crippen molar-refractivity contribution in [1.29, 1.82) is 0 Å². The average molecular weight is 785 g/mol. The monoisotopic (exact) mass is 784 g/mol. The number of fused-ring (bicyclic) bond motifs is 2. The molecule has 0 aliphatic rings. The Kier molecular flexibility index (Phi) is 12.8. The van der Waals surface area contributed by atoms with Crippen molar-refractivity contribution in [3.63, 3.8) is 0 Å². The van der Waals surface area contributed by atoms with Crippen LogP contribution in [0, 0.1) is 0 Å². The lowest BCUT2D eigenvalue weighted by Gasteiger charge is -2.21. The van der Waals surface area contributed by atoms with Crippen molar-refractivity contribution in [2.45, 2.75) is 130 Å². The second kappa shape index (κ2) is 18.3. The summed E-state index contributed by atoms with van der Waals surface area (Å²) in [4.78, 5) is 61.9. The van der Waals surface area contributed by atoms with Crippen molar-refractivity contribution in [2.24, 2.45) is 0 Å². The molecule has 0 amide bonds. The molecule has 0 radical (unpaired) electrons. The van der Waals surface area contributed by atoms with E-state index in [1.807, 2.05) is 48.5 Å². The molecule has 0 saturated heterocycles. The van der Waals surface area contributed by atoms with Crippen molar-refractivity contribution < 1.29 is 38.1 Å². The Morgan fingerprint density at radius 2 is 0.552 bits per heavy atom. The van der Waals surface area contributed by atoms with Crippen molar-refractivity contribution >= 4 is 88.5 Å². The van der Waals surface area contributed by atoms with Crippen LogP contribution in [0.3, 0.4) is 0 Å². The number of rotatable bonds is 20. The Labute approximate surface area is 338 Å². The Hall–Kier alpha value is -5.64. The van der Waals surface area contributed by atoms with Gasteiger partial charge in [-0.25, -0.2) is 0 Å². The predicted molar refractivity (Wildman–Crippen MR) is 229 cm³/mol. The first-order valence-corrected chi connectivity index (χ1v) is 21.2. The summed E-state index contributed by atoms with van der Waals surface area (Å²) >= 11 is 0. The normalized spacial score (nSPS) is 11.8. The molecule has 302 valence electrons. The summed E-state index contributed by atoms with van der Waals surface area (Å²) in [5.74, 6) is -1.16. The number of ether oxygens (including phenoxy) is 4. The number of unbranched alkanes of at least 4 members (excludes halogenated alkanes) is 8. The van der Waals surface area contributed by atoms with Gasteiger partial charge < -0.3 is 18.9 Å². The van der Waals surface area contributed by atoms with Gasteiger partial charge in [-0.15, -0.1) is 0 Å². The predicted octanol–water partition coefficient (Wildman–Crippen LogP) is 12.2. The van der Waals surface area contributed by atoms with Gasteiger partial charge in [0.25, 0.3) is 0 Å². The number of carbonyl (C=O) groups excluding carboxylic acids is 4. The minimum Gasteiger partial charge on any atom is -0.407 e. The van der Waals surface area contributed by atoms with Crippen molar-refractivity contribution in [2.75, 3.05) is 0 Å². The van der Waals surface area contributed by atoms with E-state index in [0.717, 1.165) is 94.5 Å². The van der Waals surface area contributed by atoms with E-state index in [2.05, 4.69) is 37.7 Å². The molecule has 7 rings (SSSR count). The Morgan fingerprint density at radius 3 is 0.776 bits per heavy atom. The number of benzene rings is 5. The number of pyridine rings is 2. The maximum absolute atomic E-state index is 13.1. The molecule has 0 aliphatic heterocycles. The fourth-order valence-electron chi connectivity index (χ4n) is 8.05. The number of esters is 4. The lowest BCUT2D eigenvalue weighted by molar-refractivity contribution is -0.136. The minimum atomic E-state index is -0.393. The van der Waals surface area contributed by atoms with Crippen LogP contribution >= 0.6 is 0 Å². The molecule has 0 saturated carbocycles. The van der Waals surface area contributed by atoms with Crippen molar-refractivity contribution in [3.05, 3.63) is 48.5 Å². The summed E-state index contributed by atoms with van der Waals surface area (Å²) in [7, 11) is 0. The van der Waals surface area contributed by atoms with Gasteiger partial charge in [0.1, 0.15) is 0 Å². The molecule has 0 fully saturated rings. The van der Waals surface area contributed by atoms with Crippen LogP contribution in [-0.2, 0) is 19.2 Å². The fraction of sp³-hybridized carbons (Fsp3) is 0.417. The molecule has 2 aromatic heterocycles. The smallest absolute Gasteiger partial charge is 0.312 e. The van der Waals surface area contributed by atoms with E-state index in [0.29, 0.717) is 47.2 Å². The molecular weight excluding hydrogens is 733 g/mol. The zero-order chi connectivity index (χ0) is 40.8. The summed E-state index contributed by atoms with van der Waals surface area (Å²) < 4.78 is 23.8. The highest BCUT2D eigenvalue weighted by Gasteiger charge is 2.26. The second-order valence-corrected chi connectivity index (χ2v) is 15.3. The highest BCUT2D eigenvalue weighted by Crippen LogP contribution is 2.49. The van der Waals surface area contributed by atoms with E-state index in [4.69, 9.17) is 18.9 Å². The lowest BCUT2D eigenvalue weighted by atomic mass is 9.86.